The molecule has 1 saturated carbocycles. The predicted octanol–water partition coefficient (Wildman–Crippen LogP) is 1.96. The molecule has 0 aromatic rings. The second kappa shape index (κ2) is 5.55. The Bertz CT molecular complexity index is 356. The third kappa shape index (κ3) is 2.74. The van der Waals surface area contributed by atoms with Crippen molar-refractivity contribution < 1.29 is 14.7 Å². The molecule has 0 spiro atoms. The fourth-order valence-electron chi connectivity index (χ4n) is 3.08. The van der Waals surface area contributed by atoms with Gasteiger partial charge in [0.05, 0.1) is 11.8 Å². The number of carbonyl (C=O) groups excluding carboxylic acids is 1. The summed E-state index contributed by atoms with van der Waals surface area (Å²) in [5.41, 5.74) is 0. The molecule has 4 heteroatoms. The van der Waals surface area contributed by atoms with E-state index in [9.17, 15) is 14.7 Å². The summed E-state index contributed by atoms with van der Waals surface area (Å²) >= 11 is 0. The van der Waals surface area contributed by atoms with E-state index in [0.29, 0.717) is 12.3 Å². The van der Waals surface area contributed by atoms with E-state index in [1.165, 1.54) is 0 Å². The van der Waals surface area contributed by atoms with Crippen molar-refractivity contribution in [3.8, 4) is 0 Å². The summed E-state index contributed by atoms with van der Waals surface area (Å²) in [6, 6.07) is 0.174. The molecule has 2 aliphatic carbocycles. The molecule has 1 unspecified atom stereocenters. The number of nitrogens with one attached hydrogen (secondary N) is 1. The van der Waals surface area contributed by atoms with Gasteiger partial charge in [0.1, 0.15) is 0 Å². The zero-order valence-corrected chi connectivity index (χ0v) is 10.8. The first-order valence-electron chi connectivity index (χ1n) is 6.80. The summed E-state index contributed by atoms with van der Waals surface area (Å²) in [4.78, 5) is 23.4. The van der Waals surface area contributed by atoms with Crippen molar-refractivity contribution in [1.82, 2.24) is 5.32 Å². The summed E-state index contributed by atoms with van der Waals surface area (Å²) in [5.74, 6) is -1.34. The van der Waals surface area contributed by atoms with E-state index < -0.39 is 11.9 Å². The van der Waals surface area contributed by atoms with Crippen molar-refractivity contribution in [2.75, 3.05) is 0 Å². The van der Waals surface area contributed by atoms with E-state index >= 15 is 0 Å². The van der Waals surface area contributed by atoms with Gasteiger partial charge < -0.3 is 10.4 Å². The molecule has 0 aromatic carbocycles. The van der Waals surface area contributed by atoms with Gasteiger partial charge in [0.2, 0.25) is 5.91 Å². The van der Waals surface area contributed by atoms with E-state index in [4.69, 9.17) is 0 Å². The fraction of sp³-hybridized carbons (Fsp3) is 0.714. The normalized spacial score (nSPS) is 31.7. The minimum absolute atomic E-state index is 0.0629. The van der Waals surface area contributed by atoms with Crippen molar-refractivity contribution in [3.05, 3.63) is 12.2 Å². The van der Waals surface area contributed by atoms with Crippen LogP contribution in [0.25, 0.3) is 0 Å². The minimum atomic E-state index is -0.823. The lowest BCUT2D eigenvalue weighted by Crippen LogP contribution is -2.40. The smallest absolute Gasteiger partial charge is 0.307 e. The highest BCUT2D eigenvalue weighted by molar-refractivity contribution is 5.85. The summed E-state index contributed by atoms with van der Waals surface area (Å²) in [5, 5.41) is 12.2. The van der Waals surface area contributed by atoms with Crippen LogP contribution in [0.4, 0.5) is 0 Å². The lowest BCUT2D eigenvalue weighted by Gasteiger charge is -2.19. The van der Waals surface area contributed by atoms with Crippen molar-refractivity contribution in [1.29, 1.82) is 0 Å². The van der Waals surface area contributed by atoms with Crippen molar-refractivity contribution in [3.63, 3.8) is 0 Å². The van der Waals surface area contributed by atoms with E-state index in [1.54, 1.807) is 0 Å². The number of carboxylic acids is 1. The molecule has 0 heterocycles. The molecule has 1 fully saturated rings. The van der Waals surface area contributed by atoms with Gasteiger partial charge in [0.15, 0.2) is 0 Å². The van der Waals surface area contributed by atoms with Crippen LogP contribution in [-0.2, 0) is 9.59 Å². The van der Waals surface area contributed by atoms with E-state index in [-0.39, 0.29) is 17.9 Å². The van der Waals surface area contributed by atoms with Gasteiger partial charge in [0, 0.05) is 6.04 Å². The van der Waals surface area contributed by atoms with Crippen LogP contribution in [0.5, 0.6) is 0 Å². The van der Waals surface area contributed by atoms with Crippen LogP contribution in [-0.4, -0.2) is 23.0 Å². The Morgan fingerprint density at radius 2 is 1.83 bits per heavy atom. The van der Waals surface area contributed by atoms with E-state index in [2.05, 4.69) is 24.4 Å². The van der Waals surface area contributed by atoms with Gasteiger partial charge in [-0.1, -0.05) is 25.5 Å². The molecule has 1 amide bonds. The third-order valence-corrected chi connectivity index (χ3v) is 4.25. The number of aliphatic carboxylic acids is 1. The Labute approximate surface area is 107 Å². The Balaban J connectivity index is 1.96. The second-order valence-corrected chi connectivity index (χ2v) is 5.45. The van der Waals surface area contributed by atoms with Crippen molar-refractivity contribution >= 4 is 11.9 Å². The number of rotatable bonds is 4. The first kappa shape index (κ1) is 13.1. The topological polar surface area (TPSA) is 66.4 Å². The molecule has 2 aliphatic rings. The highest BCUT2D eigenvalue weighted by Gasteiger charge is 2.42. The van der Waals surface area contributed by atoms with Gasteiger partial charge in [0.25, 0.3) is 0 Å². The summed E-state index contributed by atoms with van der Waals surface area (Å²) in [6.07, 6.45) is 8.18. The zero-order valence-electron chi connectivity index (χ0n) is 10.8. The van der Waals surface area contributed by atoms with Crippen LogP contribution in [0.15, 0.2) is 12.2 Å². The quantitative estimate of drug-likeness (QED) is 0.751. The van der Waals surface area contributed by atoms with Crippen LogP contribution >= 0.6 is 0 Å². The molecule has 4 nitrogen and oxygen atoms in total. The van der Waals surface area contributed by atoms with E-state index in [1.807, 2.05) is 0 Å². The lowest BCUT2D eigenvalue weighted by molar-refractivity contribution is -0.146. The lowest BCUT2D eigenvalue weighted by atomic mass is 9.95. The summed E-state index contributed by atoms with van der Waals surface area (Å²) in [7, 11) is 0. The molecular weight excluding hydrogens is 230 g/mol. The molecule has 0 bridgehead atoms. The largest absolute Gasteiger partial charge is 0.481 e. The Morgan fingerprint density at radius 3 is 2.39 bits per heavy atom. The maximum Gasteiger partial charge on any atom is 0.307 e. The van der Waals surface area contributed by atoms with Crippen LogP contribution in [0.1, 0.15) is 39.0 Å². The number of hydrogen-bond donors (Lipinski definition) is 2. The van der Waals surface area contributed by atoms with Crippen LogP contribution in [0.2, 0.25) is 0 Å². The monoisotopic (exact) mass is 251 g/mol. The first-order valence-corrected chi connectivity index (χ1v) is 6.80. The van der Waals surface area contributed by atoms with Crippen LogP contribution in [0, 0.1) is 17.8 Å². The molecule has 18 heavy (non-hydrogen) atoms. The number of carboxylic acid groups (broad SMARTS) is 1. The fourth-order valence-corrected chi connectivity index (χ4v) is 3.08. The summed E-state index contributed by atoms with van der Waals surface area (Å²) < 4.78 is 0. The highest BCUT2D eigenvalue weighted by atomic mass is 16.4. The number of amides is 1. The maximum atomic E-state index is 12.2. The standard InChI is InChI=1S/C14H21NO3/c1-2-9-7-11(12(8-9)14(17)18)13(16)15-10-5-3-4-6-10/h3-4,9-12H,2,5-8H2,1H3,(H,15,16)(H,17,18)/t9?,11-,12+/m0/s1. The summed E-state index contributed by atoms with van der Waals surface area (Å²) in [6.45, 7) is 2.06. The maximum absolute atomic E-state index is 12.2. The SMILES string of the molecule is CCC1C[C@H](C(=O)NC2CC=CC2)[C@H](C(=O)O)C1. The van der Waals surface area contributed by atoms with Gasteiger partial charge >= 0.3 is 5.97 Å². The second-order valence-electron chi connectivity index (χ2n) is 5.45. The van der Waals surface area contributed by atoms with Gasteiger partial charge in [-0.25, -0.2) is 0 Å². The molecule has 0 saturated heterocycles. The number of carbonyl (C=O) groups is 2. The zero-order chi connectivity index (χ0) is 13.1. The average molecular weight is 251 g/mol. The predicted molar refractivity (Wildman–Crippen MR) is 67.9 cm³/mol. The van der Waals surface area contributed by atoms with Crippen molar-refractivity contribution in [2.45, 2.75) is 45.1 Å². The molecular formula is C14H21NO3. The van der Waals surface area contributed by atoms with Crippen LogP contribution in [0.3, 0.4) is 0 Å². The van der Waals surface area contributed by atoms with Crippen molar-refractivity contribution in [2.24, 2.45) is 17.8 Å². The average Bonchev–Trinajstić information content (AvgIpc) is 2.96. The van der Waals surface area contributed by atoms with E-state index in [0.717, 1.165) is 25.7 Å². The number of hydrogen-bond acceptors (Lipinski definition) is 2. The molecule has 0 aliphatic heterocycles. The Morgan fingerprint density at radius 1 is 1.22 bits per heavy atom. The Kier molecular flexibility index (Phi) is 4.04. The minimum Gasteiger partial charge on any atom is -0.481 e. The van der Waals surface area contributed by atoms with Gasteiger partial charge in [-0.3, -0.25) is 9.59 Å². The molecule has 2 N–H and O–H groups in total. The molecule has 2 rings (SSSR count). The molecule has 0 aromatic heterocycles. The first-order chi connectivity index (χ1) is 8.61. The van der Waals surface area contributed by atoms with Crippen LogP contribution < -0.4 is 5.32 Å². The van der Waals surface area contributed by atoms with Gasteiger partial charge in [-0.05, 0) is 31.6 Å². The highest BCUT2D eigenvalue weighted by Crippen LogP contribution is 2.38. The van der Waals surface area contributed by atoms with Gasteiger partial charge in [-0.15, -0.1) is 0 Å². The molecule has 0 radical (unpaired) electrons. The Hall–Kier alpha value is -1.32. The van der Waals surface area contributed by atoms with Gasteiger partial charge in [-0.2, -0.15) is 0 Å². The molecule has 100 valence electrons. The molecule has 3 atom stereocenters. The third-order valence-electron chi connectivity index (χ3n) is 4.25.